The van der Waals surface area contributed by atoms with Crippen molar-refractivity contribution in [3.05, 3.63) is 41.7 Å². The van der Waals surface area contributed by atoms with E-state index in [0.29, 0.717) is 29.5 Å². The van der Waals surface area contributed by atoms with Crippen molar-refractivity contribution in [1.82, 2.24) is 30.8 Å². The molecule has 2 aromatic rings. The molecule has 1 saturated carbocycles. The summed E-state index contributed by atoms with van der Waals surface area (Å²) in [5.74, 6) is -2.42. The van der Waals surface area contributed by atoms with Gasteiger partial charge in [0.1, 0.15) is 16.9 Å². The fraction of sp³-hybridized carbons (Fsp3) is 0.478. The van der Waals surface area contributed by atoms with Crippen LogP contribution in [0.15, 0.2) is 40.3 Å². The SMILES string of the molecule is CO[C@H]1N=C(N)N2C3N=C(N)N[C@]3(O)[C@@H]3[C@@H](CNC(=O)c4cc(Br)c(Br)[nH]4)[C@H](CNC(=O)c4cc(Br)c(Br)[nH]4)C(Cl)[C@@]132. The van der Waals surface area contributed by atoms with Crippen LogP contribution in [0.25, 0.3) is 0 Å². The minimum Gasteiger partial charge on any atom is -0.370 e. The average molecular weight is 861 g/mol. The summed E-state index contributed by atoms with van der Waals surface area (Å²) in [7, 11) is 1.48. The van der Waals surface area contributed by atoms with E-state index >= 15 is 0 Å². The molecule has 2 amide bonds. The van der Waals surface area contributed by atoms with Crippen LogP contribution in [0, 0.1) is 17.8 Å². The van der Waals surface area contributed by atoms with Crippen molar-refractivity contribution in [2.75, 3.05) is 20.2 Å². The first-order chi connectivity index (χ1) is 19.8. The number of guanidine groups is 2. The zero-order valence-corrected chi connectivity index (χ0v) is 28.7. The molecule has 2 fully saturated rings. The fourth-order valence-corrected chi connectivity index (χ4v) is 8.91. The number of nitrogens with two attached hydrogens (primary N) is 2. The lowest BCUT2D eigenvalue weighted by molar-refractivity contribution is -0.0613. The maximum absolute atomic E-state index is 13.2. The molecule has 2 aromatic heterocycles. The van der Waals surface area contributed by atoms with Crippen LogP contribution >= 0.6 is 75.3 Å². The largest absolute Gasteiger partial charge is 0.370 e. The molecule has 1 spiro atoms. The van der Waals surface area contributed by atoms with E-state index in [0.717, 1.165) is 0 Å². The number of halogens is 5. The first kappa shape index (κ1) is 30.2. The quantitative estimate of drug-likeness (QED) is 0.190. The number of aliphatic hydroxyl groups is 1. The maximum atomic E-state index is 13.2. The highest BCUT2D eigenvalue weighted by molar-refractivity contribution is 9.13. The zero-order chi connectivity index (χ0) is 30.3. The van der Waals surface area contributed by atoms with Gasteiger partial charge in [-0.25, -0.2) is 9.98 Å². The first-order valence-corrected chi connectivity index (χ1v) is 16.2. The van der Waals surface area contributed by atoms with Crippen molar-refractivity contribution in [1.29, 1.82) is 0 Å². The predicted molar refractivity (Wildman–Crippen MR) is 168 cm³/mol. The zero-order valence-electron chi connectivity index (χ0n) is 21.6. The van der Waals surface area contributed by atoms with E-state index in [9.17, 15) is 14.7 Å². The van der Waals surface area contributed by atoms with Crippen LogP contribution in [0.2, 0.25) is 0 Å². The first-order valence-electron chi connectivity index (χ1n) is 12.6. The Morgan fingerprint density at radius 3 is 2.10 bits per heavy atom. The van der Waals surface area contributed by atoms with Gasteiger partial charge in [0.2, 0.25) is 0 Å². The topological polar surface area (TPSA) is 211 Å². The Hall–Kier alpha value is -1.83. The van der Waals surface area contributed by atoms with E-state index in [4.69, 9.17) is 27.8 Å². The van der Waals surface area contributed by atoms with Crippen LogP contribution in [0.5, 0.6) is 0 Å². The number of carbonyl (C=O) groups excluding carboxylic acids is 2. The second-order valence-corrected chi connectivity index (χ2v) is 14.3. The number of aromatic nitrogens is 2. The van der Waals surface area contributed by atoms with Crippen molar-refractivity contribution in [3.8, 4) is 0 Å². The number of nitrogens with one attached hydrogen (secondary N) is 5. The molecule has 4 aliphatic rings. The minimum absolute atomic E-state index is 0.0272. The number of methoxy groups -OCH3 is 1. The lowest BCUT2D eigenvalue weighted by atomic mass is 9.77. The van der Waals surface area contributed by atoms with Crippen LogP contribution < -0.4 is 27.4 Å². The molecule has 0 radical (unpaired) electrons. The Labute approximate surface area is 277 Å². The molecule has 5 heterocycles. The maximum Gasteiger partial charge on any atom is 0.267 e. The number of ether oxygens (including phenoxy) is 1. The Kier molecular flexibility index (Phi) is 7.67. The molecule has 42 heavy (non-hydrogen) atoms. The number of H-pyrrole nitrogens is 2. The summed E-state index contributed by atoms with van der Waals surface area (Å²) in [4.78, 5) is 42.9. The Bertz CT molecular complexity index is 1500. The van der Waals surface area contributed by atoms with E-state index in [1.54, 1.807) is 17.0 Å². The van der Waals surface area contributed by atoms with Crippen LogP contribution in [0.1, 0.15) is 21.0 Å². The molecular formula is C23H25Br4ClN10O4. The molecule has 0 bridgehead atoms. The minimum atomic E-state index is -1.73. The number of carbonyl (C=O) groups is 2. The molecule has 6 rings (SSSR count). The standard InChI is InChI=1S/C23H25Br4ClN10O4/c1-42-19-22-12(23(41)18(35-20(29)37-23)38(22)21(30)36-19)6(4-31-16(39)10-2-8(24)14(26)33-10)7(13(22)28)5-32-17(40)11-3-9(25)15(27)34-11/h2-3,6-7,12-13,18-19,33-34,41H,4-5H2,1H3,(H2,30,36)(H,31,39)(H,32,40)(H3,29,35,37)/t6-,7-,12+,13?,18?,19+,22+,23-/m0/s1. The highest BCUT2D eigenvalue weighted by Gasteiger charge is 2.82. The number of aliphatic imine (C=N–C) groups is 2. The number of alkyl halides is 1. The number of amides is 2. The van der Waals surface area contributed by atoms with E-state index in [-0.39, 0.29) is 36.8 Å². The number of hydrogen-bond donors (Lipinski definition) is 8. The van der Waals surface area contributed by atoms with Crippen molar-refractivity contribution in [3.63, 3.8) is 0 Å². The molecular weight excluding hydrogens is 835 g/mol. The lowest BCUT2D eigenvalue weighted by Crippen LogP contribution is -2.61. The second-order valence-electron chi connectivity index (χ2n) is 10.5. The lowest BCUT2D eigenvalue weighted by Gasteiger charge is -2.40. The number of rotatable bonds is 7. The molecule has 1 saturated heterocycles. The van der Waals surface area contributed by atoms with E-state index in [1.807, 2.05) is 0 Å². The normalized spacial score (nSPS) is 34.4. The smallest absolute Gasteiger partial charge is 0.267 e. The Balaban J connectivity index is 1.37. The number of hydrogen-bond acceptors (Lipinski definition) is 10. The monoisotopic (exact) mass is 856 g/mol. The summed E-state index contributed by atoms with van der Waals surface area (Å²) in [5, 5.41) is 20.3. The molecule has 14 nitrogen and oxygen atoms in total. The van der Waals surface area contributed by atoms with Gasteiger partial charge in [-0.15, -0.1) is 11.6 Å². The molecule has 3 aliphatic heterocycles. The molecule has 10 N–H and O–H groups in total. The third-order valence-corrected chi connectivity index (χ3v) is 12.7. The van der Waals surface area contributed by atoms with Gasteiger partial charge in [-0.2, -0.15) is 0 Å². The fourth-order valence-electron chi connectivity index (χ4n) is 6.97. The van der Waals surface area contributed by atoms with Gasteiger partial charge < -0.3 is 52.1 Å². The van der Waals surface area contributed by atoms with Crippen molar-refractivity contribution in [2.45, 2.75) is 29.0 Å². The Morgan fingerprint density at radius 1 is 1.05 bits per heavy atom. The van der Waals surface area contributed by atoms with Gasteiger partial charge in [0.15, 0.2) is 30.0 Å². The van der Waals surface area contributed by atoms with Gasteiger partial charge in [-0.3, -0.25) is 9.59 Å². The Morgan fingerprint density at radius 2 is 1.60 bits per heavy atom. The summed E-state index contributed by atoms with van der Waals surface area (Å²) in [6.45, 7) is 0.171. The molecule has 0 aromatic carbocycles. The highest BCUT2D eigenvalue weighted by Crippen LogP contribution is 2.64. The van der Waals surface area contributed by atoms with Crippen LogP contribution in [-0.2, 0) is 4.74 Å². The van der Waals surface area contributed by atoms with Crippen molar-refractivity contribution < 1.29 is 19.4 Å². The predicted octanol–water partition coefficient (Wildman–Crippen LogP) is 1.31. The molecule has 2 unspecified atom stereocenters. The molecule has 8 atom stereocenters. The summed E-state index contributed by atoms with van der Waals surface area (Å²) in [6, 6.07) is 3.29. The van der Waals surface area contributed by atoms with E-state index in [2.05, 4.69) is 99.6 Å². The van der Waals surface area contributed by atoms with E-state index in [1.165, 1.54) is 7.11 Å². The van der Waals surface area contributed by atoms with Crippen molar-refractivity contribution >= 4 is 99.1 Å². The molecule has 19 heteroatoms. The van der Waals surface area contributed by atoms with Gasteiger partial charge in [-0.1, -0.05) is 0 Å². The van der Waals surface area contributed by atoms with Crippen LogP contribution in [0.3, 0.4) is 0 Å². The number of fused-ring (bicyclic) bond motifs is 3. The van der Waals surface area contributed by atoms with Crippen molar-refractivity contribution in [2.24, 2.45) is 39.2 Å². The number of nitrogens with zero attached hydrogens (tertiary/aromatic N) is 3. The molecule has 226 valence electrons. The van der Waals surface area contributed by atoms with Crippen LogP contribution in [0.4, 0.5) is 0 Å². The third kappa shape index (κ3) is 4.27. The summed E-state index contributed by atoms with van der Waals surface area (Å²) in [5.41, 5.74) is 10.2. The number of aromatic amines is 2. The molecule has 1 aliphatic carbocycles. The van der Waals surface area contributed by atoms with Gasteiger partial charge in [0.25, 0.3) is 11.8 Å². The van der Waals surface area contributed by atoms with E-state index < -0.39 is 46.8 Å². The van der Waals surface area contributed by atoms with Gasteiger partial charge >= 0.3 is 0 Å². The van der Waals surface area contributed by atoms with Gasteiger partial charge in [-0.05, 0) is 81.8 Å². The average Bonchev–Trinajstić information content (AvgIpc) is 3.71. The summed E-state index contributed by atoms with van der Waals surface area (Å²) in [6.07, 6.45) is -1.81. The summed E-state index contributed by atoms with van der Waals surface area (Å²) >= 11 is 20.8. The highest BCUT2D eigenvalue weighted by atomic mass is 79.9. The summed E-state index contributed by atoms with van der Waals surface area (Å²) < 4.78 is 8.42. The van der Waals surface area contributed by atoms with Crippen LogP contribution in [-0.4, -0.2) is 92.9 Å². The van der Waals surface area contributed by atoms with Gasteiger partial charge in [0, 0.05) is 32.0 Å². The second kappa shape index (κ2) is 10.7. The third-order valence-electron chi connectivity index (χ3n) is 8.46. The van der Waals surface area contributed by atoms with Gasteiger partial charge in [0.05, 0.1) is 23.5 Å².